The molecule has 0 radical (unpaired) electrons. The van der Waals surface area contributed by atoms with Crippen LogP contribution in [0.25, 0.3) is 0 Å². The third-order valence-electron chi connectivity index (χ3n) is 6.12. The summed E-state index contributed by atoms with van der Waals surface area (Å²) in [4.78, 5) is 0. The number of hydrogen-bond acceptors (Lipinski definition) is 7. The number of nitrogens with one attached hydrogen (secondary N) is 1. The Hall–Kier alpha value is -2.16. The average Bonchev–Trinajstić information content (AvgIpc) is 2.77. The van der Waals surface area contributed by atoms with Gasteiger partial charge in [-0.05, 0) is 46.7 Å². The number of benzene rings is 2. The van der Waals surface area contributed by atoms with E-state index >= 15 is 0 Å². The number of anilines is 1. The van der Waals surface area contributed by atoms with E-state index in [1.807, 2.05) is 24.3 Å². The highest BCUT2D eigenvalue weighted by molar-refractivity contribution is 5.60. The van der Waals surface area contributed by atoms with Crippen LogP contribution >= 0.6 is 0 Å². The zero-order valence-electron chi connectivity index (χ0n) is 17.9. The fourth-order valence-electron chi connectivity index (χ4n) is 4.41. The van der Waals surface area contributed by atoms with Crippen molar-refractivity contribution in [1.82, 2.24) is 0 Å². The quantitative estimate of drug-likeness (QED) is 0.492. The highest BCUT2D eigenvalue weighted by Crippen LogP contribution is 2.35. The molecule has 5 N–H and O–H groups in total. The van der Waals surface area contributed by atoms with Gasteiger partial charge in [0.25, 0.3) is 0 Å². The minimum absolute atomic E-state index is 0.304. The molecule has 0 bridgehead atoms. The second-order valence-corrected chi connectivity index (χ2v) is 8.64. The van der Waals surface area contributed by atoms with E-state index in [2.05, 4.69) is 31.3 Å². The Kier molecular flexibility index (Phi) is 6.50. The summed E-state index contributed by atoms with van der Waals surface area (Å²) in [6.45, 7) is 5.26. The highest BCUT2D eigenvalue weighted by Gasteiger charge is 2.44. The van der Waals surface area contributed by atoms with Gasteiger partial charge >= 0.3 is 0 Å². The number of aliphatic hydroxyl groups is 4. The van der Waals surface area contributed by atoms with Crippen molar-refractivity contribution in [3.05, 3.63) is 58.7 Å². The number of hydrogen-bond donors (Lipinski definition) is 5. The number of aliphatic hydroxyl groups excluding tert-OH is 4. The molecule has 7 nitrogen and oxygen atoms in total. The third-order valence-corrected chi connectivity index (χ3v) is 6.12. The normalized spacial score (nSPS) is 28.0. The molecule has 31 heavy (non-hydrogen) atoms. The summed E-state index contributed by atoms with van der Waals surface area (Å²) < 4.78 is 11.4. The van der Waals surface area contributed by atoms with Crippen molar-refractivity contribution in [3.63, 3.8) is 0 Å². The molecule has 7 heteroatoms. The highest BCUT2D eigenvalue weighted by atomic mass is 16.5. The first-order valence-electron chi connectivity index (χ1n) is 10.8. The zero-order valence-corrected chi connectivity index (χ0v) is 17.9. The van der Waals surface area contributed by atoms with Crippen LogP contribution in [-0.2, 0) is 11.2 Å². The summed E-state index contributed by atoms with van der Waals surface area (Å²) in [6.07, 6.45) is -5.13. The van der Waals surface area contributed by atoms with Crippen LogP contribution in [0, 0.1) is 0 Å². The van der Waals surface area contributed by atoms with E-state index < -0.39 is 37.1 Å². The topological polar surface area (TPSA) is 111 Å². The lowest BCUT2D eigenvalue weighted by atomic mass is 9.86. The van der Waals surface area contributed by atoms with Crippen molar-refractivity contribution < 1.29 is 29.9 Å². The molecule has 1 saturated heterocycles. The van der Waals surface area contributed by atoms with Gasteiger partial charge in [0.1, 0.15) is 42.9 Å². The molecule has 0 spiro atoms. The maximum atomic E-state index is 10.5. The number of ether oxygens (including phenoxy) is 2. The van der Waals surface area contributed by atoms with Crippen molar-refractivity contribution >= 4 is 5.69 Å². The van der Waals surface area contributed by atoms with Crippen LogP contribution in [0.5, 0.6) is 5.75 Å². The molecule has 2 heterocycles. The maximum absolute atomic E-state index is 10.5. The fraction of sp³-hybridized carbons (Fsp3) is 0.500. The number of rotatable bonds is 5. The SMILES string of the molecule is CC(C)c1ccc(C2OC(CO)C(O)C(O)C2O)cc1Cc1ccc2c(c1)NCCO2. The molecule has 0 amide bonds. The van der Waals surface area contributed by atoms with Gasteiger partial charge in [0, 0.05) is 6.54 Å². The van der Waals surface area contributed by atoms with Crippen molar-refractivity contribution in [2.24, 2.45) is 0 Å². The van der Waals surface area contributed by atoms with Crippen molar-refractivity contribution in [3.8, 4) is 5.75 Å². The molecular weight excluding hydrogens is 398 g/mol. The first-order chi connectivity index (χ1) is 14.9. The van der Waals surface area contributed by atoms with E-state index in [9.17, 15) is 20.4 Å². The van der Waals surface area contributed by atoms with Gasteiger partial charge in [0.15, 0.2) is 0 Å². The monoisotopic (exact) mass is 429 g/mol. The molecule has 2 aliphatic heterocycles. The molecule has 0 saturated carbocycles. The van der Waals surface area contributed by atoms with Gasteiger partial charge in [-0.2, -0.15) is 0 Å². The first-order valence-corrected chi connectivity index (χ1v) is 10.8. The van der Waals surface area contributed by atoms with Crippen molar-refractivity contribution in [1.29, 1.82) is 0 Å². The lowest BCUT2D eigenvalue weighted by Crippen LogP contribution is -2.55. The molecule has 1 fully saturated rings. The zero-order chi connectivity index (χ0) is 22.1. The summed E-state index contributed by atoms with van der Waals surface area (Å²) in [7, 11) is 0. The van der Waals surface area contributed by atoms with E-state index in [1.54, 1.807) is 0 Å². The van der Waals surface area contributed by atoms with Crippen molar-refractivity contribution in [2.45, 2.75) is 56.7 Å². The molecule has 5 unspecified atom stereocenters. The second kappa shape index (κ2) is 9.14. The van der Waals surface area contributed by atoms with Gasteiger partial charge in [-0.3, -0.25) is 0 Å². The predicted octanol–water partition coefficient (Wildman–Crippen LogP) is 1.72. The lowest BCUT2D eigenvalue weighted by Gasteiger charge is -2.40. The van der Waals surface area contributed by atoms with Crippen LogP contribution in [0.4, 0.5) is 5.69 Å². The van der Waals surface area contributed by atoms with Crippen molar-refractivity contribution in [2.75, 3.05) is 25.1 Å². The van der Waals surface area contributed by atoms with E-state index in [4.69, 9.17) is 9.47 Å². The summed E-state index contributed by atoms with van der Waals surface area (Å²) in [6, 6.07) is 12.0. The van der Waals surface area contributed by atoms with Gasteiger partial charge in [-0.15, -0.1) is 0 Å². The molecule has 5 atom stereocenters. The molecule has 168 valence electrons. The second-order valence-electron chi connectivity index (χ2n) is 8.64. The fourth-order valence-corrected chi connectivity index (χ4v) is 4.41. The Bertz CT molecular complexity index is 915. The Balaban J connectivity index is 1.65. The molecule has 2 aromatic rings. The Morgan fingerprint density at radius 1 is 1.03 bits per heavy atom. The largest absolute Gasteiger partial charge is 0.490 e. The third kappa shape index (κ3) is 4.42. The van der Waals surface area contributed by atoms with Gasteiger partial charge in [-0.25, -0.2) is 0 Å². The van der Waals surface area contributed by atoms with Gasteiger partial charge in [-0.1, -0.05) is 38.1 Å². The number of fused-ring (bicyclic) bond motifs is 1. The lowest BCUT2D eigenvalue weighted by molar-refractivity contribution is -0.231. The summed E-state index contributed by atoms with van der Waals surface area (Å²) in [5.41, 5.74) is 5.11. The van der Waals surface area contributed by atoms with E-state index in [1.165, 1.54) is 5.56 Å². The van der Waals surface area contributed by atoms with E-state index in [-0.39, 0.29) is 0 Å². The van der Waals surface area contributed by atoms with Gasteiger partial charge in [0.05, 0.1) is 12.3 Å². The van der Waals surface area contributed by atoms with Crippen LogP contribution in [0.1, 0.15) is 48.1 Å². The van der Waals surface area contributed by atoms with Gasteiger partial charge < -0.3 is 35.2 Å². The predicted molar refractivity (Wildman–Crippen MR) is 116 cm³/mol. The molecule has 0 aromatic heterocycles. The molecule has 2 aliphatic rings. The average molecular weight is 430 g/mol. The Morgan fingerprint density at radius 3 is 2.58 bits per heavy atom. The van der Waals surface area contributed by atoms with E-state index in [0.717, 1.165) is 29.1 Å². The van der Waals surface area contributed by atoms with Crippen LogP contribution in [0.15, 0.2) is 36.4 Å². The van der Waals surface area contributed by atoms with Crippen LogP contribution in [-0.4, -0.2) is 64.6 Å². The Morgan fingerprint density at radius 2 is 1.84 bits per heavy atom. The first kappa shape index (κ1) is 22.0. The molecular formula is C24H31NO6. The Labute approximate surface area is 182 Å². The minimum Gasteiger partial charge on any atom is -0.490 e. The van der Waals surface area contributed by atoms with Crippen LogP contribution < -0.4 is 10.1 Å². The standard InChI is InChI=1S/C24H31NO6/c1-13(2)17-5-4-15(24-23(29)22(28)21(27)20(12-26)31-24)11-16(17)9-14-3-6-19-18(10-14)25-7-8-30-19/h3-6,10-11,13,20-29H,7-9,12H2,1-2H3. The van der Waals surface area contributed by atoms with Gasteiger partial charge in [0.2, 0.25) is 0 Å². The smallest absolute Gasteiger partial charge is 0.142 e. The molecule has 2 aromatic carbocycles. The molecule has 4 rings (SSSR count). The molecule has 0 aliphatic carbocycles. The minimum atomic E-state index is -1.39. The summed E-state index contributed by atoms with van der Waals surface area (Å²) in [5, 5.41) is 43.6. The summed E-state index contributed by atoms with van der Waals surface area (Å²) >= 11 is 0. The van der Waals surface area contributed by atoms with Crippen LogP contribution in [0.2, 0.25) is 0 Å². The summed E-state index contributed by atoms with van der Waals surface area (Å²) in [5.74, 6) is 1.16. The maximum Gasteiger partial charge on any atom is 0.142 e. The van der Waals surface area contributed by atoms with Crippen LogP contribution in [0.3, 0.4) is 0 Å². The van der Waals surface area contributed by atoms with E-state index in [0.29, 0.717) is 24.5 Å².